The van der Waals surface area contributed by atoms with Gasteiger partial charge in [-0.05, 0) is 171 Å². The summed E-state index contributed by atoms with van der Waals surface area (Å²) in [7, 11) is 8.32. The molecule has 3 aliphatic carbocycles. The monoisotopic (exact) mass is 2020 g/mol. The average molecular weight is 2020 g/mol. The highest BCUT2D eigenvalue weighted by molar-refractivity contribution is 14.1. The molecule has 0 bridgehead atoms. The zero-order valence-electron chi connectivity index (χ0n) is 77.5. The maximum absolute atomic E-state index is 14.7. The largest absolute Gasteiger partial charge is 0.492 e. The third kappa shape index (κ3) is 26.6. The van der Waals surface area contributed by atoms with Gasteiger partial charge in [0.15, 0.2) is 36.2 Å². The Bertz CT molecular complexity index is 4590. The number of carboxylic acids is 1. The highest BCUT2D eigenvalue weighted by Gasteiger charge is 2.78. The van der Waals surface area contributed by atoms with Gasteiger partial charge in [-0.1, -0.05) is 95.5 Å². The molecule has 9 rings (SSSR count). The van der Waals surface area contributed by atoms with Crippen LogP contribution in [-0.4, -0.2) is 280 Å². The van der Waals surface area contributed by atoms with E-state index in [-0.39, 0.29) is 130 Å². The van der Waals surface area contributed by atoms with Gasteiger partial charge in [-0.2, -0.15) is 5.48 Å². The molecule has 2 aromatic rings. The van der Waals surface area contributed by atoms with Crippen LogP contribution in [0.5, 0.6) is 17.2 Å². The summed E-state index contributed by atoms with van der Waals surface area (Å²) in [5.41, 5.74) is 12.5. The van der Waals surface area contributed by atoms with E-state index < -0.39 is 202 Å². The number of likely N-dealkylation sites (N-methyl/N-ethyl adjacent to an activating group) is 1. The summed E-state index contributed by atoms with van der Waals surface area (Å²) in [4.78, 5) is 142. The normalized spacial score (nSPS) is 30.5. The molecule has 4 saturated heterocycles. The number of Topliss-reactive ketones (excluding diaryl/α,β-unsaturated/α-hetero) is 4. The number of ketones is 4. The number of aliphatic hydroxyl groups excluding tert-OH is 4. The van der Waals surface area contributed by atoms with Crippen molar-refractivity contribution in [3.05, 3.63) is 67.8 Å². The van der Waals surface area contributed by atoms with E-state index in [1.54, 1.807) is 91.8 Å². The lowest BCUT2D eigenvalue weighted by molar-refractivity contribution is -0.343. The van der Waals surface area contributed by atoms with Crippen LogP contribution in [0.2, 0.25) is 0 Å². The quantitative estimate of drug-likeness (QED) is 0.00765. The van der Waals surface area contributed by atoms with Crippen LogP contribution in [0.15, 0.2) is 47.6 Å². The number of urea groups is 1. The maximum Gasteiger partial charge on any atom is 0.410 e. The Hall–Kier alpha value is -7.12. The zero-order valence-corrected chi connectivity index (χ0v) is 82.1. The minimum Gasteiger partial charge on any atom is -0.492 e. The van der Waals surface area contributed by atoms with Gasteiger partial charge in [0.1, 0.15) is 66.2 Å². The van der Waals surface area contributed by atoms with Crippen LogP contribution in [0.1, 0.15) is 181 Å². The molecule has 4 heterocycles. The molecule has 14 N–H and O–H groups in total. The van der Waals surface area contributed by atoms with Gasteiger partial charge in [-0.3, -0.25) is 33.6 Å². The minimum absolute atomic E-state index is 0.00759. The third-order valence-corrected chi connectivity index (χ3v) is 30.9. The van der Waals surface area contributed by atoms with E-state index in [0.717, 1.165) is 11.8 Å². The molecule has 1 spiro atoms. The second kappa shape index (κ2) is 49.3. The SMILES string of the molecule is CCN(C(=O)OCc1ccc(NC(=O)[C@H](CCCNC(N)=O)CC(=O)[C@@H](NC(=O)[C@H](CCCCN)CC(C)=O)C(C)C)cc1)[C@H]1CO[C@@H](O[C@H]2[C@H](O[C@H]3C#C/C=C(/C)C#CC45C(CC(C)=O)C(=O)C[C@]4(O)/C(=C/CSSC(C)(C)CCC(=O)O)C35)O[C@H](C)[C@@H](NO[C@H]3C[C@H](O)[C@H](SC(=O)c4c(C)c(I)c(O[C@@H]5O[C@@H](C)[C@H](O)[C@@H](OC)[C@H]5O)c(OC)c4OC)[C@@H](C)O3)[C@@H]2O)C[C@@H]1OC. The van der Waals surface area contributed by atoms with Gasteiger partial charge in [0.05, 0.1) is 89.3 Å². The first-order chi connectivity index (χ1) is 62.5. The Kier molecular flexibility index (Phi) is 40.5. The molecule has 4 aliphatic heterocycles. The number of carboxylic acid groups (broad SMARTS) is 1. The van der Waals surface area contributed by atoms with Crippen LogP contribution in [0, 0.1) is 69.2 Å². The van der Waals surface area contributed by atoms with E-state index in [0.29, 0.717) is 63.8 Å². The van der Waals surface area contributed by atoms with Crippen molar-refractivity contribution in [1.29, 1.82) is 0 Å². The second-order valence-electron chi connectivity index (χ2n) is 35.4. The molecule has 732 valence electrons. The van der Waals surface area contributed by atoms with Crippen molar-refractivity contribution in [3.8, 4) is 40.9 Å². The fourth-order valence-corrected chi connectivity index (χ4v) is 22.2. The number of allylic oxidation sites excluding steroid dienone is 2. The minimum atomic E-state index is -1.93. The Balaban J connectivity index is 0.934. The van der Waals surface area contributed by atoms with E-state index in [1.807, 2.05) is 36.4 Å². The molecule has 5 amide bonds. The Morgan fingerprint density at radius 2 is 1.51 bits per heavy atom. The number of hydrogen-bond donors (Lipinski definition) is 12. The number of amides is 5. The van der Waals surface area contributed by atoms with Crippen LogP contribution in [0.3, 0.4) is 0 Å². The van der Waals surface area contributed by atoms with Crippen molar-refractivity contribution < 1.29 is 140 Å². The number of aliphatic carboxylic acids is 1. The fourth-order valence-electron chi connectivity index (χ4n) is 18.0. The summed E-state index contributed by atoms with van der Waals surface area (Å²) in [6.45, 7) is 20.3. The molecule has 2 saturated carbocycles. The van der Waals surface area contributed by atoms with Crippen LogP contribution in [0.25, 0.3) is 0 Å². The number of carbonyl (C=O) groups excluding carboxylic acids is 9. The van der Waals surface area contributed by atoms with Crippen molar-refractivity contribution >= 4 is 120 Å². The Morgan fingerprint density at radius 1 is 0.818 bits per heavy atom. The van der Waals surface area contributed by atoms with Gasteiger partial charge in [0.25, 0.3) is 0 Å². The van der Waals surface area contributed by atoms with E-state index in [9.17, 15) is 78.6 Å². The van der Waals surface area contributed by atoms with Gasteiger partial charge in [-0.15, -0.1) is 0 Å². The topological polar surface area (TPSA) is 515 Å². The number of methoxy groups -OCH3 is 4. The first-order valence-electron chi connectivity index (χ1n) is 44.5. The molecule has 0 aromatic heterocycles. The van der Waals surface area contributed by atoms with Crippen LogP contribution < -0.4 is 47.1 Å². The van der Waals surface area contributed by atoms with E-state index in [4.69, 9.17) is 73.1 Å². The number of rotatable bonds is 46. The maximum atomic E-state index is 14.7. The molecule has 36 nitrogen and oxygen atoms in total. The predicted octanol–water partition coefficient (Wildman–Crippen LogP) is 7.43. The second-order valence-corrected chi connectivity index (χ2v) is 40.7. The number of hydroxylamine groups is 1. The van der Waals surface area contributed by atoms with Gasteiger partial charge >= 0.3 is 18.1 Å². The van der Waals surface area contributed by atoms with Crippen molar-refractivity contribution in [2.45, 2.75) is 299 Å². The van der Waals surface area contributed by atoms with Crippen molar-refractivity contribution in [1.82, 2.24) is 21.0 Å². The molecule has 6 fully saturated rings. The van der Waals surface area contributed by atoms with Crippen molar-refractivity contribution in [2.24, 2.45) is 46.5 Å². The number of nitrogens with two attached hydrogens (primary N) is 2. The van der Waals surface area contributed by atoms with Crippen molar-refractivity contribution in [3.63, 3.8) is 0 Å². The number of primary amides is 1. The van der Waals surface area contributed by atoms with Gasteiger partial charge in [0.2, 0.25) is 29.0 Å². The molecule has 2 aromatic carbocycles. The number of hydrogen-bond acceptors (Lipinski definition) is 33. The zero-order chi connectivity index (χ0) is 97.1. The number of nitrogens with one attached hydrogen (secondary N) is 4. The predicted molar refractivity (Wildman–Crippen MR) is 496 cm³/mol. The number of nitrogens with zero attached hydrogens (tertiary/aromatic N) is 1. The molecule has 40 heteroatoms. The molecule has 132 heavy (non-hydrogen) atoms. The van der Waals surface area contributed by atoms with E-state index >= 15 is 0 Å². The van der Waals surface area contributed by atoms with Crippen LogP contribution in [-0.2, 0) is 87.6 Å². The molecule has 25 atom stereocenters. The number of benzene rings is 2. The molecule has 0 radical (unpaired) electrons. The summed E-state index contributed by atoms with van der Waals surface area (Å²) in [6, 6.07) is 2.69. The summed E-state index contributed by atoms with van der Waals surface area (Å²) < 4.78 is 74.9. The number of aliphatic hydroxyl groups is 5. The van der Waals surface area contributed by atoms with Crippen LogP contribution in [0.4, 0.5) is 15.3 Å². The number of ether oxygens (including phenoxy) is 12. The average Bonchev–Trinajstić information content (AvgIpc) is 1.54. The fraction of sp³-hybridized carbons (Fsp3) is 0.674. The lowest BCUT2D eigenvalue weighted by Gasteiger charge is -2.60. The van der Waals surface area contributed by atoms with Gasteiger partial charge in [0, 0.05) is 118 Å². The number of unbranched alkanes of at least 4 members (excludes halogenated alkanes) is 1. The molecular weight excluding hydrogens is 1890 g/mol. The summed E-state index contributed by atoms with van der Waals surface area (Å²) in [6.07, 6.45) is -14.9. The number of anilines is 1. The van der Waals surface area contributed by atoms with E-state index in [2.05, 4.69) is 45.1 Å². The smallest absolute Gasteiger partial charge is 0.410 e. The summed E-state index contributed by atoms with van der Waals surface area (Å²) in [5, 5.41) is 76.5. The third-order valence-electron chi connectivity index (χ3n) is 25.0. The molecular formula is C92H130IN7O29S3. The molecule has 7 aliphatic rings. The highest BCUT2D eigenvalue weighted by atomic mass is 127. The van der Waals surface area contributed by atoms with Crippen LogP contribution >= 0.6 is 55.9 Å². The number of carbonyl (C=O) groups is 10. The summed E-state index contributed by atoms with van der Waals surface area (Å²) >= 11 is 2.77. The first kappa shape index (κ1) is 109. The lowest BCUT2D eigenvalue weighted by Crippen LogP contribution is -2.69. The molecule has 3 unspecified atom stereocenters. The van der Waals surface area contributed by atoms with Gasteiger partial charge < -0.3 is 129 Å². The van der Waals surface area contributed by atoms with E-state index in [1.165, 1.54) is 68.8 Å². The Morgan fingerprint density at radius 3 is 2.14 bits per heavy atom. The standard InChI is InChI=1S/C92H130IN7O29S3/c1-17-100(89(115)122-44-54-26-28-57(29-27-54)97-83(111)56(24-21-36-96-88(95)114)40-61(103)72(46(2)3)98-84(112)55(38-48(5)101)23-18-19-35-94)60-45-121-67(42-65(60)117-13)127-80-75(109)73(99-129-68-41-62(104)82(53(10)123-68)131-85(113)69-50(7)71(93)78(81(120-16)77(69)118-14)128-86-76(110)79(119-15)74(108)52(9)125-86)51(8)124-87(80)126-64-25-20-22-47(4)30-34-91-59(39-49(6)102)63(105)43-92(91,116)58(70(64)91)32-37-130-132-90(11,12)33-31-66(106)107/h22,26-29,32,46,51-53,55-56,59-60,62,64-65,67-68,70,72-76,79-80,82,86-87,99,104,108-110,116H,17-19,21,23-24,31,33,35-45,94H2,1-16H3,(H,97,111)(H,98,112)(H,106,107)(H3,95,96,114)/b47-22-,58-32+/t51-,52+,53-,55-,56-,59?,60+,62+,64+,65+,67+,68+,70?,72+,73-,74+,75+,76-,79-,80-,82-,86+,87+,91?,92+/m1/s1. The summed E-state index contributed by atoms with van der Waals surface area (Å²) in [5.74, 6) is 5.64. The Labute approximate surface area is 796 Å². The number of halogens is 1. The first-order valence-corrected chi connectivity index (χ1v) is 48.8. The van der Waals surface area contributed by atoms with Gasteiger partial charge in [-0.25, -0.2) is 9.59 Å². The van der Waals surface area contributed by atoms with Crippen molar-refractivity contribution in [2.75, 3.05) is 65.7 Å². The number of thioether (sulfide) groups is 1. The lowest BCUT2D eigenvalue weighted by atomic mass is 9.44. The highest BCUT2D eigenvalue weighted by Crippen LogP contribution is 2.70.